The summed E-state index contributed by atoms with van der Waals surface area (Å²) in [5.41, 5.74) is 2.62. The molecular formula is C18H22FN3O. The van der Waals surface area contributed by atoms with Crippen LogP contribution in [0.25, 0.3) is 0 Å². The normalized spacial score (nSPS) is 10.4. The Balaban J connectivity index is 1.83. The monoisotopic (exact) mass is 315 g/mol. The van der Waals surface area contributed by atoms with Crippen LogP contribution in [0.15, 0.2) is 48.5 Å². The minimum absolute atomic E-state index is 0.0860. The van der Waals surface area contributed by atoms with Crippen LogP contribution in [0.4, 0.5) is 10.1 Å². The van der Waals surface area contributed by atoms with Gasteiger partial charge in [-0.05, 0) is 35.7 Å². The molecule has 2 aromatic rings. The second kappa shape index (κ2) is 8.29. The topological polar surface area (TPSA) is 58.4 Å². The number of hydrazine groups is 1. The molecule has 2 aromatic carbocycles. The minimum atomic E-state index is -0.173. The number of amides is 1. The van der Waals surface area contributed by atoms with Crippen LogP contribution in [-0.4, -0.2) is 17.5 Å². The molecule has 0 fully saturated rings. The highest BCUT2D eigenvalue weighted by Gasteiger charge is 2.07. The summed E-state index contributed by atoms with van der Waals surface area (Å²) in [6, 6.07) is 14.5. The van der Waals surface area contributed by atoms with Gasteiger partial charge in [0.2, 0.25) is 5.91 Å². The Morgan fingerprint density at radius 2 is 1.87 bits per heavy atom. The molecule has 0 saturated carbocycles. The van der Waals surface area contributed by atoms with Gasteiger partial charge in [0.15, 0.2) is 0 Å². The van der Waals surface area contributed by atoms with E-state index in [1.165, 1.54) is 11.1 Å². The van der Waals surface area contributed by atoms with Gasteiger partial charge in [0.05, 0.1) is 6.54 Å². The molecule has 0 bridgehead atoms. The number of hydrogen-bond donors (Lipinski definition) is 2. The molecule has 23 heavy (non-hydrogen) atoms. The number of nitrogens with zero attached hydrogens (tertiary/aromatic N) is 1. The van der Waals surface area contributed by atoms with Crippen LogP contribution >= 0.6 is 0 Å². The molecular weight excluding hydrogens is 293 g/mol. The highest BCUT2D eigenvalue weighted by molar-refractivity contribution is 5.75. The van der Waals surface area contributed by atoms with E-state index in [0.717, 1.165) is 11.3 Å². The zero-order chi connectivity index (χ0) is 16.7. The van der Waals surface area contributed by atoms with Gasteiger partial charge in [-0.2, -0.15) is 0 Å². The summed E-state index contributed by atoms with van der Waals surface area (Å²) in [5.74, 6) is 5.43. The van der Waals surface area contributed by atoms with Gasteiger partial charge < -0.3 is 5.32 Å². The van der Waals surface area contributed by atoms with Gasteiger partial charge in [0.1, 0.15) is 5.82 Å². The standard InChI is InChI=1S/C18H22FN3O/c1-2-18(23)22(20)13-14-7-9-16(10-8-14)21-12-11-15-5-3-4-6-17(15)19/h3-10,21H,2,11-13,20H2,1H3. The molecule has 0 aliphatic heterocycles. The molecule has 0 unspecified atom stereocenters. The van der Waals surface area contributed by atoms with Crippen molar-refractivity contribution < 1.29 is 9.18 Å². The van der Waals surface area contributed by atoms with Crippen LogP contribution in [0.3, 0.4) is 0 Å². The van der Waals surface area contributed by atoms with Crippen molar-refractivity contribution in [2.45, 2.75) is 26.3 Å². The van der Waals surface area contributed by atoms with Crippen molar-refractivity contribution in [3.05, 3.63) is 65.5 Å². The lowest BCUT2D eigenvalue weighted by atomic mass is 10.1. The lowest BCUT2D eigenvalue weighted by Gasteiger charge is -2.16. The number of carbonyl (C=O) groups is 1. The smallest absolute Gasteiger partial charge is 0.236 e. The van der Waals surface area contributed by atoms with E-state index in [-0.39, 0.29) is 11.7 Å². The van der Waals surface area contributed by atoms with Crippen molar-refractivity contribution in [2.24, 2.45) is 5.84 Å². The molecule has 0 spiro atoms. The fourth-order valence-electron chi connectivity index (χ4n) is 2.26. The first-order valence-electron chi connectivity index (χ1n) is 7.71. The second-order valence-corrected chi connectivity index (χ2v) is 5.34. The molecule has 0 heterocycles. The van der Waals surface area contributed by atoms with Gasteiger partial charge in [-0.15, -0.1) is 0 Å². The van der Waals surface area contributed by atoms with Crippen molar-refractivity contribution in [3.63, 3.8) is 0 Å². The molecule has 5 heteroatoms. The Hall–Kier alpha value is -2.40. The molecule has 0 aliphatic carbocycles. The third-order valence-corrected chi connectivity index (χ3v) is 3.61. The van der Waals surface area contributed by atoms with Gasteiger partial charge >= 0.3 is 0 Å². The maximum atomic E-state index is 13.5. The fourth-order valence-corrected chi connectivity index (χ4v) is 2.26. The average Bonchev–Trinajstić information content (AvgIpc) is 2.57. The predicted molar refractivity (Wildman–Crippen MR) is 90.1 cm³/mol. The third-order valence-electron chi connectivity index (χ3n) is 3.61. The molecule has 3 N–H and O–H groups in total. The number of hydrogen-bond acceptors (Lipinski definition) is 3. The average molecular weight is 315 g/mol. The molecule has 122 valence electrons. The molecule has 0 aromatic heterocycles. The Morgan fingerprint density at radius 3 is 2.52 bits per heavy atom. The van der Waals surface area contributed by atoms with E-state index in [9.17, 15) is 9.18 Å². The maximum absolute atomic E-state index is 13.5. The predicted octanol–water partition coefficient (Wildman–Crippen LogP) is 3.09. The Bertz CT molecular complexity index is 643. The Kier molecular flexibility index (Phi) is 6.11. The van der Waals surface area contributed by atoms with Crippen LogP contribution in [-0.2, 0) is 17.8 Å². The Morgan fingerprint density at radius 1 is 1.17 bits per heavy atom. The van der Waals surface area contributed by atoms with E-state index in [1.807, 2.05) is 30.3 Å². The lowest BCUT2D eigenvalue weighted by molar-refractivity contribution is -0.131. The highest BCUT2D eigenvalue weighted by atomic mass is 19.1. The summed E-state index contributed by atoms with van der Waals surface area (Å²) in [5, 5.41) is 4.48. The van der Waals surface area contributed by atoms with E-state index >= 15 is 0 Å². The van der Waals surface area contributed by atoms with Crippen LogP contribution in [0, 0.1) is 5.82 Å². The second-order valence-electron chi connectivity index (χ2n) is 5.34. The number of carbonyl (C=O) groups excluding carboxylic acids is 1. The quantitative estimate of drug-likeness (QED) is 0.469. The van der Waals surface area contributed by atoms with Crippen molar-refractivity contribution >= 4 is 11.6 Å². The van der Waals surface area contributed by atoms with E-state index in [1.54, 1.807) is 19.1 Å². The van der Waals surface area contributed by atoms with Crippen LogP contribution in [0.1, 0.15) is 24.5 Å². The third kappa shape index (κ3) is 5.07. The summed E-state index contributed by atoms with van der Waals surface area (Å²) >= 11 is 0. The van der Waals surface area contributed by atoms with Crippen molar-refractivity contribution in [2.75, 3.05) is 11.9 Å². The summed E-state index contributed by atoms with van der Waals surface area (Å²) in [4.78, 5) is 11.4. The lowest BCUT2D eigenvalue weighted by Crippen LogP contribution is -2.36. The van der Waals surface area contributed by atoms with Gasteiger partial charge in [-0.25, -0.2) is 10.2 Å². The number of anilines is 1. The molecule has 1 amide bonds. The minimum Gasteiger partial charge on any atom is -0.385 e. The SMILES string of the molecule is CCC(=O)N(N)Cc1ccc(NCCc2ccccc2F)cc1. The molecule has 2 rings (SSSR count). The van der Waals surface area contributed by atoms with Gasteiger partial charge in [0, 0.05) is 18.7 Å². The Labute approximate surface area is 136 Å². The molecule has 0 aliphatic rings. The summed E-state index contributed by atoms with van der Waals surface area (Å²) in [7, 11) is 0. The number of nitrogens with one attached hydrogen (secondary N) is 1. The fraction of sp³-hybridized carbons (Fsp3) is 0.278. The molecule has 0 saturated heterocycles. The molecule has 4 nitrogen and oxygen atoms in total. The molecule has 0 atom stereocenters. The molecule has 0 radical (unpaired) electrons. The first-order chi connectivity index (χ1) is 11.1. The zero-order valence-corrected chi connectivity index (χ0v) is 13.3. The van der Waals surface area contributed by atoms with Gasteiger partial charge in [0.25, 0.3) is 0 Å². The van der Waals surface area contributed by atoms with E-state index in [4.69, 9.17) is 5.84 Å². The van der Waals surface area contributed by atoms with Crippen molar-refractivity contribution in [1.82, 2.24) is 5.01 Å². The largest absolute Gasteiger partial charge is 0.385 e. The van der Waals surface area contributed by atoms with Crippen molar-refractivity contribution in [1.29, 1.82) is 0 Å². The highest BCUT2D eigenvalue weighted by Crippen LogP contribution is 2.12. The summed E-state index contributed by atoms with van der Waals surface area (Å²) < 4.78 is 13.5. The van der Waals surface area contributed by atoms with E-state index < -0.39 is 0 Å². The van der Waals surface area contributed by atoms with Gasteiger partial charge in [-0.3, -0.25) is 9.80 Å². The number of benzene rings is 2. The van der Waals surface area contributed by atoms with Crippen LogP contribution < -0.4 is 11.2 Å². The van der Waals surface area contributed by atoms with E-state index in [0.29, 0.717) is 31.5 Å². The number of nitrogens with two attached hydrogens (primary N) is 1. The first kappa shape index (κ1) is 17.0. The van der Waals surface area contributed by atoms with Crippen LogP contribution in [0.2, 0.25) is 0 Å². The number of halogens is 1. The summed E-state index contributed by atoms with van der Waals surface area (Å²) in [6.45, 7) is 2.82. The van der Waals surface area contributed by atoms with Gasteiger partial charge in [-0.1, -0.05) is 37.3 Å². The zero-order valence-electron chi connectivity index (χ0n) is 13.3. The first-order valence-corrected chi connectivity index (χ1v) is 7.71. The maximum Gasteiger partial charge on any atom is 0.236 e. The van der Waals surface area contributed by atoms with Crippen LogP contribution in [0.5, 0.6) is 0 Å². The number of rotatable bonds is 7. The van der Waals surface area contributed by atoms with E-state index in [2.05, 4.69) is 5.32 Å². The van der Waals surface area contributed by atoms with Crippen molar-refractivity contribution in [3.8, 4) is 0 Å². The summed E-state index contributed by atoms with van der Waals surface area (Å²) in [6.07, 6.45) is 1.02.